The van der Waals surface area contributed by atoms with E-state index in [1.165, 1.54) is 19.3 Å². The molecule has 0 saturated heterocycles. The lowest BCUT2D eigenvalue weighted by atomic mass is 10.2. The molecule has 3 rings (SSSR count). The van der Waals surface area contributed by atoms with Crippen LogP contribution in [-0.2, 0) is 0 Å². The molecule has 2 aromatic carbocycles. The Kier molecular flexibility index (Phi) is 10.9. The number of anilines is 2. The minimum atomic E-state index is -0.0582. The number of amides is 2. The van der Waals surface area contributed by atoms with Crippen molar-refractivity contribution in [3.8, 4) is 0 Å². The second-order valence-electron chi connectivity index (χ2n) is 8.01. The molecule has 174 valence electrons. The number of carbonyl (C=O) groups excluding carboxylic acids is 1. The summed E-state index contributed by atoms with van der Waals surface area (Å²) in [5.41, 5.74) is 7.39. The number of nitrogens with one attached hydrogen (secondary N) is 3. The smallest absolute Gasteiger partial charge is 0.326 e. The topological polar surface area (TPSA) is 82.4 Å². The lowest BCUT2D eigenvalue weighted by Crippen LogP contribution is -2.38. The van der Waals surface area contributed by atoms with E-state index in [1.54, 1.807) is 11.8 Å². The predicted molar refractivity (Wildman–Crippen MR) is 135 cm³/mol. The molecule has 0 atom stereocenters. The van der Waals surface area contributed by atoms with E-state index >= 15 is 0 Å². The van der Waals surface area contributed by atoms with Gasteiger partial charge in [0.1, 0.15) is 0 Å². The van der Waals surface area contributed by atoms with Crippen molar-refractivity contribution in [2.45, 2.75) is 48.3 Å². The second kappa shape index (κ2) is 14.2. The summed E-state index contributed by atoms with van der Waals surface area (Å²) in [7, 11) is 0. The number of unbranched alkanes of at least 4 members (excludes halogenated alkanes) is 3. The van der Waals surface area contributed by atoms with Crippen LogP contribution in [0, 0.1) is 0 Å². The van der Waals surface area contributed by atoms with E-state index < -0.39 is 0 Å². The number of rotatable bonds is 14. The highest BCUT2D eigenvalue weighted by Crippen LogP contribution is 2.47. The van der Waals surface area contributed by atoms with Crippen LogP contribution in [-0.4, -0.2) is 45.3 Å². The summed E-state index contributed by atoms with van der Waals surface area (Å²) in [6.45, 7) is 5.67. The van der Waals surface area contributed by atoms with Crippen molar-refractivity contribution in [1.29, 1.82) is 0 Å². The Hall–Kier alpha value is -2.06. The van der Waals surface area contributed by atoms with Gasteiger partial charge in [0.25, 0.3) is 0 Å². The Morgan fingerprint density at radius 3 is 1.72 bits per heavy atom. The predicted octanol–water partition coefficient (Wildman–Crippen LogP) is 4.48. The lowest BCUT2D eigenvalue weighted by Gasteiger charge is -2.31. The van der Waals surface area contributed by atoms with Gasteiger partial charge >= 0.3 is 6.03 Å². The third kappa shape index (κ3) is 7.52. The normalized spacial score (nSPS) is 12.3. The van der Waals surface area contributed by atoms with E-state index in [0.29, 0.717) is 6.54 Å². The van der Waals surface area contributed by atoms with Crippen LogP contribution < -0.4 is 26.6 Å². The summed E-state index contributed by atoms with van der Waals surface area (Å²) in [6.07, 6.45) is 6.68. The van der Waals surface area contributed by atoms with Crippen LogP contribution in [0.2, 0.25) is 0 Å². The molecule has 1 aliphatic heterocycles. The Morgan fingerprint density at radius 1 is 0.719 bits per heavy atom. The molecule has 0 aliphatic carbocycles. The first-order valence-electron chi connectivity index (χ1n) is 11.9. The number of urea groups is 1. The van der Waals surface area contributed by atoms with Gasteiger partial charge in [-0.25, -0.2) is 4.79 Å². The molecule has 0 bridgehead atoms. The van der Waals surface area contributed by atoms with Gasteiger partial charge in [0, 0.05) is 16.3 Å². The Bertz CT molecular complexity index is 786. The van der Waals surface area contributed by atoms with E-state index in [4.69, 9.17) is 5.73 Å². The van der Waals surface area contributed by atoms with E-state index in [0.717, 1.165) is 73.2 Å². The number of para-hydroxylation sites is 2. The summed E-state index contributed by atoms with van der Waals surface area (Å²) in [6, 6.07) is 16.1. The number of nitrogens with zero attached hydrogens (tertiary/aromatic N) is 1. The molecule has 0 fully saturated rings. The summed E-state index contributed by atoms with van der Waals surface area (Å²) in [4.78, 5) is 17.0. The number of hydrogen-bond donors (Lipinski definition) is 4. The first kappa shape index (κ1) is 24.6. The van der Waals surface area contributed by atoms with E-state index in [9.17, 15) is 4.79 Å². The van der Waals surface area contributed by atoms with Crippen LogP contribution in [0.1, 0.15) is 38.5 Å². The van der Waals surface area contributed by atoms with Crippen molar-refractivity contribution in [2.75, 3.05) is 44.2 Å². The van der Waals surface area contributed by atoms with Crippen molar-refractivity contribution >= 4 is 29.2 Å². The molecule has 7 heteroatoms. The van der Waals surface area contributed by atoms with Crippen molar-refractivity contribution in [1.82, 2.24) is 16.0 Å². The molecule has 0 radical (unpaired) electrons. The summed E-state index contributed by atoms with van der Waals surface area (Å²) < 4.78 is 0. The molecule has 0 aromatic heterocycles. The summed E-state index contributed by atoms with van der Waals surface area (Å²) in [5.74, 6) is 0. The summed E-state index contributed by atoms with van der Waals surface area (Å²) in [5, 5.41) is 10.1. The standard InChI is InChI=1S/C25H37N5OS/c26-15-5-6-16-27-17-7-8-18-28-19-9-10-20-29-25(31)30-21-11-1-3-13-23(21)32-24-14-4-2-12-22(24)30/h1-4,11-14,27-28H,5-10,15-20,26H2,(H,29,31). The zero-order valence-electron chi connectivity index (χ0n) is 18.9. The first-order chi connectivity index (χ1) is 15.8. The minimum Gasteiger partial charge on any atom is -0.337 e. The molecule has 0 spiro atoms. The van der Waals surface area contributed by atoms with Gasteiger partial charge in [-0.05, 0) is 95.5 Å². The number of carbonyl (C=O) groups is 1. The number of nitrogens with two attached hydrogens (primary N) is 1. The van der Waals surface area contributed by atoms with Gasteiger partial charge in [-0.1, -0.05) is 36.0 Å². The van der Waals surface area contributed by atoms with Gasteiger partial charge < -0.3 is 21.7 Å². The van der Waals surface area contributed by atoms with Crippen LogP contribution >= 0.6 is 11.8 Å². The lowest BCUT2D eigenvalue weighted by molar-refractivity contribution is 0.248. The van der Waals surface area contributed by atoms with Gasteiger partial charge in [-0.2, -0.15) is 0 Å². The highest BCUT2D eigenvalue weighted by Gasteiger charge is 2.27. The van der Waals surface area contributed by atoms with Gasteiger partial charge in [-0.15, -0.1) is 0 Å². The maximum atomic E-state index is 13.0. The molecule has 32 heavy (non-hydrogen) atoms. The fourth-order valence-corrected chi connectivity index (χ4v) is 4.78. The van der Waals surface area contributed by atoms with Crippen LogP contribution in [0.25, 0.3) is 0 Å². The van der Waals surface area contributed by atoms with Crippen molar-refractivity contribution in [3.63, 3.8) is 0 Å². The number of benzene rings is 2. The maximum absolute atomic E-state index is 13.0. The molecular formula is C25H37N5OS. The van der Waals surface area contributed by atoms with Gasteiger partial charge in [-0.3, -0.25) is 4.90 Å². The van der Waals surface area contributed by atoms with Gasteiger partial charge in [0.05, 0.1) is 11.4 Å². The van der Waals surface area contributed by atoms with Crippen LogP contribution in [0.4, 0.5) is 16.2 Å². The molecule has 6 nitrogen and oxygen atoms in total. The molecule has 2 aromatic rings. The summed E-state index contributed by atoms with van der Waals surface area (Å²) >= 11 is 1.71. The Morgan fingerprint density at radius 2 is 1.19 bits per heavy atom. The van der Waals surface area contributed by atoms with Crippen LogP contribution in [0.5, 0.6) is 0 Å². The fraction of sp³-hybridized carbons (Fsp3) is 0.480. The largest absolute Gasteiger partial charge is 0.337 e. The van der Waals surface area contributed by atoms with E-state index in [1.807, 2.05) is 41.3 Å². The first-order valence-corrected chi connectivity index (χ1v) is 12.7. The molecule has 2 amide bonds. The van der Waals surface area contributed by atoms with Crippen molar-refractivity contribution < 1.29 is 4.79 Å². The molecular weight excluding hydrogens is 418 g/mol. The van der Waals surface area contributed by atoms with E-state index in [2.05, 4.69) is 28.1 Å². The fourth-order valence-electron chi connectivity index (χ4n) is 3.72. The Labute approximate surface area is 196 Å². The monoisotopic (exact) mass is 455 g/mol. The molecule has 5 N–H and O–H groups in total. The maximum Gasteiger partial charge on any atom is 0.326 e. The average molecular weight is 456 g/mol. The number of hydrogen-bond acceptors (Lipinski definition) is 5. The quantitative estimate of drug-likeness (QED) is 0.316. The third-order valence-corrected chi connectivity index (χ3v) is 6.59. The van der Waals surface area contributed by atoms with Gasteiger partial charge in [0.2, 0.25) is 0 Å². The van der Waals surface area contributed by atoms with Crippen LogP contribution in [0.15, 0.2) is 58.3 Å². The Balaban J connectivity index is 1.29. The zero-order chi connectivity index (χ0) is 22.4. The van der Waals surface area contributed by atoms with E-state index in [-0.39, 0.29) is 6.03 Å². The number of fused-ring (bicyclic) bond motifs is 2. The zero-order valence-corrected chi connectivity index (χ0v) is 19.8. The minimum absolute atomic E-state index is 0.0582. The molecule has 1 aliphatic rings. The van der Waals surface area contributed by atoms with Crippen molar-refractivity contribution in [2.24, 2.45) is 5.73 Å². The highest BCUT2D eigenvalue weighted by molar-refractivity contribution is 7.99. The third-order valence-electron chi connectivity index (χ3n) is 5.46. The molecule has 0 saturated carbocycles. The van der Waals surface area contributed by atoms with Crippen molar-refractivity contribution in [3.05, 3.63) is 48.5 Å². The highest BCUT2D eigenvalue weighted by atomic mass is 32.2. The molecule has 0 unspecified atom stereocenters. The second-order valence-corrected chi connectivity index (χ2v) is 9.10. The molecule has 1 heterocycles. The average Bonchev–Trinajstić information content (AvgIpc) is 2.82. The van der Waals surface area contributed by atoms with Gasteiger partial charge in [0.15, 0.2) is 0 Å². The van der Waals surface area contributed by atoms with Crippen LogP contribution in [0.3, 0.4) is 0 Å². The SMILES string of the molecule is NCCCCNCCCCNCCCCNC(=O)N1c2ccccc2Sc2ccccc21.